The molecule has 0 heterocycles. The summed E-state index contributed by atoms with van der Waals surface area (Å²) in [6.07, 6.45) is 1.68. The Morgan fingerprint density at radius 1 is 1.03 bits per heavy atom. The van der Waals surface area contributed by atoms with Crippen molar-refractivity contribution in [2.45, 2.75) is 6.54 Å². The molecule has 0 aliphatic heterocycles. The van der Waals surface area contributed by atoms with Gasteiger partial charge >= 0.3 is 0 Å². The zero-order chi connectivity index (χ0) is 21.5. The Balaban J connectivity index is 1.97. The smallest absolute Gasteiger partial charge is 0.270 e. The van der Waals surface area contributed by atoms with Crippen molar-refractivity contribution in [3.8, 4) is 5.75 Å². The predicted octanol–water partition coefficient (Wildman–Crippen LogP) is 4.80. The number of nitro benzene ring substituents is 1. The van der Waals surface area contributed by atoms with E-state index in [9.17, 15) is 14.9 Å². The molecular weight excluding hydrogens is 380 g/mol. The van der Waals surface area contributed by atoms with Crippen LogP contribution in [0.5, 0.6) is 5.75 Å². The van der Waals surface area contributed by atoms with Crippen LogP contribution >= 0.6 is 0 Å². The molecule has 152 valence electrons. The number of carbonyl (C=O) groups excluding carboxylic acids is 1. The molecule has 0 fully saturated rings. The minimum Gasteiger partial charge on any atom is -0.496 e. The molecule has 0 unspecified atom stereocenters. The van der Waals surface area contributed by atoms with Gasteiger partial charge in [-0.3, -0.25) is 14.9 Å². The first-order valence-electron chi connectivity index (χ1n) is 9.38. The van der Waals surface area contributed by atoms with Gasteiger partial charge in [0.25, 0.3) is 11.6 Å². The maximum atomic E-state index is 13.4. The molecule has 0 atom stereocenters. The van der Waals surface area contributed by atoms with Gasteiger partial charge < -0.3 is 9.64 Å². The highest BCUT2D eigenvalue weighted by Gasteiger charge is 2.18. The van der Waals surface area contributed by atoms with E-state index in [4.69, 9.17) is 4.74 Å². The van der Waals surface area contributed by atoms with Crippen LogP contribution in [0.3, 0.4) is 0 Å². The molecule has 1 amide bonds. The van der Waals surface area contributed by atoms with Gasteiger partial charge in [-0.05, 0) is 23.3 Å². The summed E-state index contributed by atoms with van der Waals surface area (Å²) < 4.78 is 5.39. The molecule has 0 aromatic heterocycles. The van der Waals surface area contributed by atoms with Crippen LogP contribution in [0.1, 0.15) is 16.7 Å². The highest BCUT2D eigenvalue weighted by atomic mass is 16.6. The molecule has 3 aromatic rings. The van der Waals surface area contributed by atoms with Crippen molar-refractivity contribution in [3.05, 3.63) is 106 Å². The van der Waals surface area contributed by atoms with Crippen LogP contribution < -0.4 is 4.74 Å². The van der Waals surface area contributed by atoms with Gasteiger partial charge in [-0.1, -0.05) is 60.7 Å². The maximum absolute atomic E-state index is 13.4. The summed E-state index contributed by atoms with van der Waals surface area (Å²) in [5, 5.41) is 11.1. The lowest BCUT2D eigenvalue weighted by atomic mass is 10.0. The minimum atomic E-state index is -0.449. The van der Waals surface area contributed by atoms with Gasteiger partial charge in [0.15, 0.2) is 0 Å². The second-order valence-electron chi connectivity index (χ2n) is 6.75. The molecule has 0 radical (unpaired) electrons. The molecule has 0 aliphatic rings. The third-order valence-electron chi connectivity index (χ3n) is 4.65. The van der Waals surface area contributed by atoms with Crippen LogP contribution in [-0.2, 0) is 11.3 Å². The first-order valence-corrected chi connectivity index (χ1v) is 9.38. The fraction of sp³-hybridized carbons (Fsp3) is 0.125. The standard InChI is InChI=1S/C24H22N2O4/c1-25(17-20-12-6-7-14-23(20)30-2)24(27)22(19-10-4-3-5-11-19)16-18-9-8-13-21(15-18)26(28)29/h3-16H,17H2,1-2H3/b22-16+. The number of ether oxygens (including phenoxy) is 1. The van der Waals surface area contributed by atoms with Crippen LogP contribution in [0, 0.1) is 10.1 Å². The van der Waals surface area contributed by atoms with Crippen molar-refractivity contribution in [3.63, 3.8) is 0 Å². The van der Waals surface area contributed by atoms with Crippen LogP contribution in [0.2, 0.25) is 0 Å². The number of non-ortho nitro benzene ring substituents is 1. The topological polar surface area (TPSA) is 72.7 Å². The average Bonchev–Trinajstić information content (AvgIpc) is 2.78. The Bertz CT molecular complexity index is 1080. The summed E-state index contributed by atoms with van der Waals surface area (Å²) in [5.74, 6) is 0.514. The second kappa shape index (κ2) is 9.52. The normalized spacial score (nSPS) is 11.1. The van der Waals surface area contributed by atoms with Crippen molar-refractivity contribution >= 4 is 23.2 Å². The summed E-state index contributed by atoms with van der Waals surface area (Å²) in [4.78, 5) is 25.6. The number of carbonyl (C=O) groups is 1. The van der Waals surface area contributed by atoms with Crippen LogP contribution in [-0.4, -0.2) is 29.9 Å². The Hall–Kier alpha value is -3.93. The number of benzene rings is 3. The number of nitro groups is 1. The average molecular weight is 402 g/mol. The highest BCUT2D eigenvalue weighted by Crippen LogP contribution is 2.25. The number of hydrogen-bond acceptors (Lipinski definition) is 4. The molecule has 0 bridgehead atoms. The van der Waals surface area contributed by atoms with Gasteiger partial charge in [0.1, 0.15) is 5.75 Å². The second-order valence-corrected chi connectivity index (χ2v) is 6.75. The first-order chi connectivity index (χ1) is 14.5. The number of para-hydroxylation sites is 1. The largest absolute Gasteiger partial charge is 0.496 e. The summed E-state index contributed by atoms with van der Waals surface area (Å²) in [5.41, 5.74) is 2.64. The monoisotopic (exact) mass is 402 g/mol. The first kappa shape index (κ1) is 20.8. The number of hydrogen-bond donors (Lipinski definition) is 0. The number of methoxy groups -OCH3 is 1. The van der Waals surface area contributed by atoms with Gasteiger partial charge in [-0.25, -0.2) is 0 Å². The molecule has 3 rings (SSSR count). The van der Waals surface area contributed by atoms with Gasteiger partial charge in [0.05, 0.1) is 12.0 Å². The lowest BCUT2D eigenvalue weighted by Gasteiger charge is -2.21. The zero-order valence-electron chi connectivity index (χ0n) is 16.8. The zero-order valence-corrected chi connectivity index (χ0v) is 16.8. The van der Waals surface area contributed by atoms with Crippen molar-refractivity contribution in [1.29, 1.82) is 0 Å². The van der Waals surface area contributed by atoms with Crippen molar-refractivity contribution in [1.82, 2.24) is 4.90 Å². The van der Waals surface area contributed by atoms with E-state index in [0.29, 0.717) is 23.4 Å². The molecule has 6 heteroatoms. The molecule has 6 nitrogen and oxygen atoms in total. The van der Waals surface area contributed by atoms with Gasteiger partial charge in [-0.15, -0.1) is 0 Å². The van der Waals surface area contributed by atoms with Crippen molar-refractivity contribution in [2.75, 3.05) is 14.2 Å². The van der Waals surface area contributed by atoms with Crippen LogP contribution in [0.25, 0.3) is 11.6 Å². The Morgan fingerprint density at radius 3 is 2.43 bits per heavy atom. The summed E-state index contributed by atoms with van der Waals surface area (Å²) >= 11 is 0. The third kappa shape index (κ3) is 4.91. The lowest BCUT2D eigenvalue weighted by molar-refractivity contribution is -0.384. The highest BCUT2D eigenvalue weighted by molar-refractivity contribution is 6.24. The Kier molecular flexibility index (Phi) is 6.60. The maximum Gasteiger partial charge on any atom is 0.270 e. The van der Waals surface area contributed by atoms with E-state index in [-0.39, 0.29) is 11.6 Å². The lowest BCUT2D eigenvalue weighted by Crippen LogP contribution is -2.27. The van der Waals surface area contributed by atoms with E-state index >= 15 is 0 Å². The molecule has 30 heavy (non-hydrogen) atoms. The van der Waals surface area contributed by atoms with E-state index in [1.165, 1.54) is 12.1 Å². The number of rotatable bonds is 7. The number of nitrogens with zero attached hydrogens (tertiary/aromatic N) is 2. The predicted molar refractivity (Wildman–Crippen MR) is 117 cm³/mol. The van der Waals surface area contributed by atoms with E-state index < -0.39 is 4.92 Å². The summed E-state index contributed by atoms with van der Waals surface area (Å²) in [7, 11) is 3.32. The molecule has 0 spiro atoms. The SMILES string of the molecule is COc1ccccc1CN(C)C(=O)/C(=C/c1cccc([N+](=O)[O-])c1)c1ccccc1. The van der Waals surface area contributed by atoms with Gasteiger partial charge in [0, 0.05) is 36.9 Å². The Morgan fingerprint density at radius 2 is 1.73 bits per heavy atom. The number of likely N-dealkylation sites (N-methyl/N-ethyl adjacent to an activating group) is 1. The van der Waals surface area contributed by atoms with Gasteiger partial charge in [-0.2, -0.15) is 0 Å². The van der Waals surface area contributed by atoms with Crippen molar-refractivity contribution < 1.29 is 14.5 Å². The number of amides is 1. The molecule has 3 aromatic carbocycles. The molecule has 0 saturated heterocycles. The summed E-state index contributed by atoms with van der Waals surface area (Å²) in [6, 6.07) is 23.0. The Labute approximate surface area is 175 Å². The van der Waals surface area contributed by atoms with E-state index in [1.807, 2.05) is 54.6 Å². The third-order valence-corrected chi connectivity index (χ3v) is 4.65. The summed E-state index contributed by atoms with van der Waals surface area (Å²) in [6.45, 7) is 0.363. The van der Waals surface area contributed by atoms with Crippen molar-refractivity contribution in [2.24, 2.45) is 0 Å². The van der Waals surface area contributed by atoms with Gasteiger partial charge in [0.2, 0.25) is 0 Å². The molecule has 0 aliphatic carbocycles. The fourth-order valence-corrected chi connectivity index (χ4v) is 3.15. The van der Waals surface area contributed by atoms with Crippen LogP contribution in [0.15, 0.2) is 78.9 Å². The fourth-order valence-electron chi connectivity index (χ4n) is 3.15. The van der Waals surface area contributed by atoms with E-state index in [2.05, 4.69) is 0 Å². The van der Waals surface area contributed by atoms with E-state index in [0.717, 1.165) is 11.1 Å². The quantitative estimate of drug-likeness (QED) is 0.246. The van der Waals surface area contributed by atoms with Crippen LogP contribution in [0.4, 0.5) is 5.69 Å². The minimum absolute atomic E-state index is 0.0222. The molecule has 0 N–H and O–H groups in total. The molecule has 0 saturated carbocycles. The van der Waals surface area contributed by atoms with E-state index in [1.54, 1.807) is 37.3 Å². The molecular formula is C24H22N2O4.